The molecule has 2 aromatic rings. The number of aliphatic hydroxyl groups excluding tert-OH is 1. The number of hydrogen-bond acceptors (Lipinski definition) is 4. The Kier molecular flexibility index (Phi) is 6.07. The number of hydrogen-bond donors (Lipinski definition) is 3. The van der Waals surface area contributed by atoms with Crippen LogP contribution in [0.5, 0.6) is 5.75 Å². The number of phenols is 1. The summed E-state index contributed by atoms with van der Waals surface area (Å²) >= 11 is 3.40. The maximum Gasteiger partial charge on any atom is 0.124 e. The SMILES string of the molecule is OCC[NH+]1CCN(c2ccc(N=Cc3cc(Br)ccc3O)cc2)CC1. The summed E-state index contributed by atoms with van der Waals surface area (Å²) in [7, 11) is 0. The smallest absolute Gasteiger partial charge is 0.124 e. The molecule has 0 aromatic heterocycles. The van der Waals surface area contributed by atoms with E-state index in [0.717, 1.165) is 42.9 Å². The molecule has 132 valence electrons. The molecular weight excluding hydrogens is 382 g/mol. The predicted molar refractivity (Wildman–Crippen MR) is 104 cm³/mol. The van der Waals surface area contributed by atoms with Crippen molar-refractivity contribution in [3.05, 3.63) is 52.5 Å². The third-order valence-electron chi connectivity index (χ3n) is 4.49. The Hall–Kier alpha value is -1.89. The van der Waals surface area contributed by atoms with Crippen molar-refractivity contribution in [3.63, 3.8) is 0 Å². The number of rotatable bonds is 5. The van der Waals surface area contributed by atoms with Gasteiger partial charge in [0.15, 0.2) is 0 Å². The molecule has 25 heavy (non-hydrogen) atoms. The molecule has 1 saturated heterocycles. The molecule has 6 heteroatoms. The zero-order valence-electron chi connectivity index (χ0n) is 14.0. The molecule has 0 aliphatic carbocycles. The van der Waals surface area contributed by atoms with Gasteiger partial charge in [-0.2, -0.15) is 0 Å². The van der Waals surface area contributed by atoms with Gasteiger partial charge < -0.3 is 20.0 Å². The van der Waals surface area contributed by atoms with Crippen LogP contribution in [0.25, 0.3) is 0 Å². The highest BCUT2D eigenvalue weighted by atomic mass is 79.9. The quantitative estimate of drug-likeness (QED) is 0.663. The van der Waals surface area contributed by atoms with Crippen LogP contribution in [-0.2, 0) is 0 Å². The monoisotopic (exact) mass is 404 g/mol. The zero-order valence-corrected chi connectivity index (χ0v) is 15.6. The third kappa shape index (κ3) is 4.81. The number of quaternary nitrogens is 1. The van der Waals surface area contributed by atoms with E-state index in [1.807, 2.05) is 18.2 Å². The van der Waals surface area contributed by atoms with E-state index in [1.54, 1.807) is 18.3 Å². The standard InChI is InChI=1S/C19H22BrN3O2/c20-16-1-6-19(25)15(13-16)14-21-17-2-4-18(5-3-17)23-9-7-22(8-10-23)11-12-24/h1-6,13-14,24-25H,7-12H2/p+1. The molecule has 0 atom stereocenters. The second kappa shape index (κ2) is 8.47. The fourth-order valence-electron chi connectivity index (χ4n) is 3.01. The Labute approximate surface area is 156 Å². The van der Waals surface area contributed by atoms with E-state index in [2.05, 4.69) is 38.0 Å². The van der Waals surface area contributed by atoms with Gasteiger partial charge in [0.25, 0.3) is 0 Å². The molecule has 0 spiro atoms. The number of anilines is 1. The normalized spacial score (nSPS) is 15.8. The second-order valence-electron chi connectivity index (χ2n) is 6.19. The lowest BCUT2D eigenvalue weighted by molar-refractivity contribution is -0.900. The first kappa shape index (κ1) is 17.9. The number of piperazine rings is 1. The first-order valence-corrected chi connectivity index (χ1v) is 9.27. The molecule has 0 radical (unpaired) electrons. The lowest BCUT2D eigenvalue weighted by Gasteiger charge is -2.33. The molecule has 0 amide bonds. The van der Waals surface area contributed by atoms with E-state index in [-0.39, 0.29) is 12.4 Å². The van der Waals surface area contributed by atoms with Crippen LogP contribution in [0.3, 0.4) is 0 Å². The molecule has 5 nitrogen and oxygen atoms in total. The fraction of sp³-hybridized carbons (Fsp3) is 0.316. The van der Waals surface area contributed by atoms with Crippen molar-refractivity contribution in [2.45, 2.75) is 0 Å². The molecule has 3 rings (SSSR count). The maximum atomic E-state index is 9.85. The summed E-state index contributed by atoms with van der Waals surface area (Å²) in [5, 5.41) is 18.9. The van der Waals surface area contributed by atoms with Crippen LogP contribution in [0.2, 0.25) is 0 Å². The molecule has 1 fully saturated rings. The second-order valence-corrected chi connectivity index (χ2v) is 7.10. The van der Waals surface area contributed by atoms with Crippen LogP contribution in [0.15, 0.2) is 51.9 Å². The van der Waals surface area contributed by atoms with Crippen molar-refractivity contribution in [2.24, 2.45) is 4.99 Å². The van der Waals surface area contributed by atoms with Gasteiger partial charge in [-0.3, -0.25) is 4.99 Å². The number of phenolic OH excluding ortho intramolecular Hbond substituents is 1. The van der Waals surface area contributed by atoms with Crippen molar-refractivity contribution in [1.29, 1.82) is 0 Å². The molecule has 0 saturated carbocycles. The van der Waals surface area contributed by atoms with Crippen LogP contribution in [0.4, 0.5) is 11.4 Å². The lowest BCUT2D eigenvalue weighted by Crippen LogP contribution is -3.15. The molecular formula is C19H23BrN3O2+. The van der Waals surface area contributed by atoms with Crippen LogP contribution in [0.1, 0.15) is 5.56 Å². The van der Waals surface area contributed by atoms with E-state index < -0.39 is 0 Å². The summed E-state index contributed by atoms with van der Waals surface area (Å²) in [6.07, 6.45) is 1.67. The van der Waals surface area contributed by atoms with E-state index in [0.29, 0.717) is 5.56 Å². The summed E-state index contributed by atoms with van der Waals surface area (Å²) < 4.78 is 0.907. The third-order valence-corrected chi connectivity index (χ3v) is 4.99. The molecule has 2 aromatic carbocycles. The van der Waals surface area contributed by atoms with Crippen LogP contribution in [0, 0.1) is 0 Å². The van der Waals surface area contributed by atoms with E-state index >= 15 is 0 Å². The Morgan fingerprint density at radius 1 is 1.12 bits per heavy atom. The Morgan fingerprint density at radius 2 is 1.84 bits per heavy atom. The van der Waals surface area contributed by atoms with Crippen LogP contribution >= 0.6 is 15.9 Å². The highest BCUT2D eigenvalue weighted by Gasteiger charge is 2.19. The average Bonchev–Trinajstić information content (AvgIpc) is 2.64. The van der Waals surface area contributed by atoms with Gasteiger partial charge in [0, 0.05) is 21.9 Å². The molecule has 3 N–H and O–H groups in total. The van der Waals surface area contributed by atoms with E-state index in [9.17, 15) is 5.11 Å². The van der Waals surface area contributed by atoms with Gasteiger partial charge in [0.05, 0.1) is 38.5 Å². The molecule has 1 aliphatic rings. The summed E-state index contributed by atoms with van der Waals surface area (Å²) in [5.74, 6) is 0.215. The predicted octanol–water partition coefficient (Wildman–Crippen LogP) is 1.60. The molecule has 1 heterocycles. The van der Waals surface area contributed by atoms with Gasteiger partial charge >= 0.3 is 0 Å². The highest BCUT2D eigenvalue weighted by molar-refractivity contribution is 9.10. The minimum atomic E-state index is 0.215. The van der Waals surface area contributed by atoms with Gasteiger partial charge in [-0.1, -0.05) is 15.9 Å². The van der Waals surface area contributed by atoms with Gasteiger partial charge in [0.1, 0.15) is 12.3 Å². The number of halogens is 1. The largest absolute Gasteiger partial charge is 0.507 e. The highest BCUT2D eigenvalue weighted by Crippen LogP contribution is 2.23. The summed E-state index contributed by atoms with van der Waals surface area (Å²) in [4.78, 5) is 8.28. The first-order valence-electron chi connectivity index (χ1n) is 8.48. The maximum absolute atomic E-state index is 9.85. The number of nitrogens with one attached hydrogen (secondary N) is 1. The number of nitrogens with zero attached hydrogens (tertiary/aromatic N) is 2. The Bertz CT molecular complexity index is 726. The van der Waals surface area contributed by atoms with Crippen molar-refractivity contribution in [1.82, 2.24) is 0 Å². The number of aliphatic hydroxyl groups is 1. The number of benzene rings is 2. The minimum absolute atomic E-state index is 0.215. The molecule has 0 bridgehead atoms. The minimum Gasteiger partial charge on any atom is -0.507 e. The van der Waals surface area contributed by atoms with Crippen molar-refractivity contribution < 1.29 is 15.1 Å². The average molecular weight is 405 g/mol. The summed E-state index contributed by atoms with van der Waals surface area (Å²) in [6.45, 7) is 5.22. The summed E-state index contributed by atoms with van der Waals surface area (Å²) in [5.41, 5.74) is 2.74. The van der Waals surface area contributed by atoms with Crippen molar-refractivity contribution >= 4 is 33.5 Å². The number of aliphatic imine (C=N–C) groups is 1. The lowest BCUT2D eigenvalue weighted by atomic mass is 10.2. The van der Waals surface area contributed by atoms with E-state index in [1.165, 1.54) is 10.6 Å². The molecule has 1 aliphatic heterocycles. The van der Waals surface area contributed by atoms with Crippen molar-refractivity contribution in [3.8, 4) is 5.75 Å². The fourth-order valence-corrected chi connectivity index (χ4v) is 3.39. The Morgan fingerprint density at radius 3 is 2.52 bits per heavy atom. The van der Waals surface area contributed by atoms with Gasteiger partial charge in [-0.05, 0) is 42.5 Å². The topological polar surface area (TPSA) is 60.5 Å². The van der Waals surface area contributed by atoms with Crippen LogP contribution < -0.4 is 9.80 Å². The Balaban J connectivity index is 1.63. The molecule has 0 unspecified atom stereocenters. The van der Waals surface area contributed by atoms with Gasteiger partial charge in [-0.25, -0.2) is 0 Å². The van der Waals surface area contributed by atoms with Gasteiger partial charge in [0.2, 0.25) is 0 Å². The first-order chi connectivity index (χ1) is 12.2. The van der Waals surface area contributed by atoms with Gasteiger partial charge in [-0.15, -0.1) is 0 Å². The summed E-state index contributed by atoms with van der Waals surface area (Å²) in [6, 6.07) is 13.4. The zero-order chi connectivity index (χ0) is 17.6. The van der Waals surface area contributed by atoms with Crippen LogP contribution in [-0.4, -0.2) is 55.8 Å². The van der Waals surface area contributed by atoms with E-state index in [4.69, 9.17) is 5.11 Å². The van der Waals surface area contributed by atoms with Crippen molar-refractivity contribution in [2.75, 3.05) is 44.2 Å². The number of aromatic hydroxyl groups is 1.